The van der Waals surface area contributed by atoms with Gasteiger partial charge in [-0.2, -0.15) is 0 Å². The third-order valence-electron chi connectivity index (χ3n) is 2.93. The predicted molar refractivity (Wildman–Crippen MR) is 78.5 cm³/mol. The van der Waals surface area contributed by atoms with Crippen molar-refractivity contribution in [2.24, 2.45) is 0 Å². The first kappa shape index (κ1) is 15.9. The number of hydrogen-bond donors (Lipinski definition) is 1. The fourth-order valence-corrected chi connectivity index (χ4v) is 2.00. The maximum atomic E-state index is 5.55. The van der Waals surface area contributed by atoms with Gasteiger partial charge in [-0.25, -0.2) is 9.97 Å². The Kier molecular flexibility index (Phi) is 8.14. The van der Waals surface area contributed by atoms with E-state index in [-0.39, 0.29) is 0 Å². The second-order valence-corrected chi connectivity index (χ2v) is 4.84. The lowest BCUT2D eigenvalue weighted by Gasteiger charge is -2.17. The average molecular weight is 265 g/mol. The lowest BCUT2D eigenvalue weighted by molar-refractivity contribution is 0.304. The highest BCUT2D eigenvalue weighted by atomic mass is 16.5. The molecule has 1 rings (SSSR count). The van der Waals surface area contributed by atoms with E-state index < -0.39 is 0 Å². The normalized spacial score (nSPS) is 12.4. The maximum absolute atomic E-state index is 5.55. The van der Waals surface area contributed by atoms with Gasteiger partial charge >= 0.3 is 0 Å². The Morgan fingerprint density at radius 3 is 2.68 bits per heavy atom. The zero-order chi connectivity index (χ0) is 13.9. The highest BCUT2D eigenvalue weighted by Gasteiger charge is 2.09. The third-order valence-corrected chi connectivity index (χ3v) is 2.93. The van der Waals surface area contributed by atoms with Crippen molar-refractivity contribution < 1.29 is 4.74 Å². The molecule has 0 aliphatic carbocycles. The molecule has 0 aliphatic rings. The minimum atomic E-state index is 0.499. The molecule has 0 bridgehead atoms. The van der Waals surface area contributed by atoms with Crippen LogP contribution < -0.4 is 10.1 Å². The third kappa shape index (κ3) is 6.53. The van der Waals surface area contributed by atoms with Gasteiger partial charge in [0.1, 0.15) is 6.33 Å². The lowest BCUT2D eigenvalue weighted by atomic mass is 10.1. The van der Waals surface area contributed by atoms with E-state index in [0.717, 1.165) is 31.5 Å². The Morgan fingerprint density at radius 2 is 2.00 bits per heavy atom. The van der Waals surface area contributed by atoms with Crippen molar-refractivity contribution in [3.05, 3.63) is 18.1 Å². The topological polar surface area (TPSA) is 47.0 Å². The zero-order valence-corrected chi connectivity index (χ0v) is 12.5. The maximum Gasteiger partial charge on any atom is 0.216 e. The standard InChI is InChI=1S/C15H27N3O/c1-4-7-13(16-8-5-2)10-14-11-15(18-12-17-14)19-9-6-3/h11-13,16H,4-10H2,1-3H3. The largest absolute Gasteiger partial charge is 0.478 e. The summed E-state index contributed by atoms with van der Waals surface area (Å²) in [5.41, 5.74) is 1.06. The van der Waals surface area contributed by atoms with E-state index in [1.165, 1.54) is 12.8 Å². The first-order valence-corrected chi connectivity index (χ1v) is 7.47. The zero-order valence-electron chi connectivity index (χ0n) is 12.5. The molecule has 0 saturated heterocycles. The number of ether oxygens (including phenoxy) is 1. The van der Waals surface area contributed by atoms with Crippen LogP contribution >= 0.6 is 0 Å². The lowest BCUT2D eigenvalue weighted by Crippen LogP contribution is -2.32. The van der Waals surface area contributed by atoms with E-state index >= 15 is 0 Å². The van der Waals surface area contributed by atoms with Gasteiger partial charge in [-0.05, 0) is 25.8 Å². The molecule has 4 nitrogen and oxygen atoms in total. The molecule has 0 radical (unpaired) electrons. The van der Waals surface area contributed by atoms with Gasteiger partial charge < -0.3 is 10.1 Å². The monoisotopic (exact) mass is 265 g/mol. The Bertz CT molecular complexity index is 344. The second kappa shape index (κ2) is 9.73. The van der Waals surface area contributed by atoms with Gasteiger partial charge in [-0.15, -0.1) is 0 Å². The van der Waals surface area contributed by atoms with E-state index in [1.807, 2.05) is 6.07 Å². The van der Waals surface area contributed by atoms with Crippen LogP contribution in [0.25, 0.3) is 0 Å². The molecular weight excluding hydrogens is 238 g/mol. The van der Waals surface area contributed by atoms with Crippen LogP contribution in [0.3, 0.4) is 0 Å². The summed E-state index contributed by atoms with van der Waals surface area (Å²) in [7, 11) is 0. The van der Waals surface area contributed by atoms with Crippen LogP contribution in [0.15, 0.2) is 12.4 Å². The number of hydrogen-bond acceptors (Lipinski definition) is 4. The molecule has 1 heterocycles. The summed E-state index contributed by atoms with van der Waals surface area (Å²) in [5.74, 6) is 0.692. The van der Waals surface area contributed by atoms with Gasteiger partial charge in [-0.3, -0.25) is 0 Å². The number of nitrogens with one attached hydrogen (secondary N) is 1. The summed E-state index contributed by atoms with van der Waals surface area (Å²) in [6.45, 7) is 8.28. The molecule has 0 aliphatic heterocycles. The summed E-state index contributed by atoms with van der Waals surface area (Å²) in [5, 5.41) is 3.58. The Hall–Kier alpha value is -1.16. The second-order valence-electron chi connectivity index (χ2n) is 4.84. The molecule has 0 fully saturated rings. The molecule has 0 saturated carbocycles. The van der Waals surface area contributed by atoms with Crippen molar-refractivity contribution in [3.63, 3.8) is 0 Å². The molecule has 1 N–H and O–H groups in total. The smallest absolute Gasteiger partial charge is 0.216 e. The molecule has 0 aromatic carbocycles. The summed E-state index contributed by atoms with van der Waals surface area (Å²) in [6.07, 6.45) is 7.06. The molecule has 0 spiro atoms. The van der Waals surface area contributed by atoms with Crippen LogP contribution in [0.4, 0.5) is 0 Å². The molecule has 1 aromatic heterocycles. The number of rotatable bonds is 10. The van der Waals surface area contributed by atoms with Crippen LogP contribution in [-0.2, 0) is 6.42 Å². The minimum Gasteiger partial charge on any atom is -0.478 e. The molecule has 1 aromatic rings. The van der Waals surface area contributed by atoms with Gasteiger partial charge in [0.15, 0.2) is 0 Å². The van der Waals surface area contributed by atoms with Gasteiger partial charge in [0.25, 0.3) is 0 Å². The highest BCUT2D eigenvalue weighted by molar-refractivity contribution is 5.14. The van der Waals surface area contributed by atoms with Crippen molar-refractivity contribution in [1.82, 2.24) is 15.3 Å². The Morgan fingerprint density at radius 1 is 1.16 bits per heavy atom. The predicted octanol–water partition coefficient (Wildman–Crippen LogP) is 2.98. The van der Waals surface area contributed by atoms with Crippen molar-refractivity contribution >= 4 is 0 Å². The van der Waals surface area contributed by atoms with E-state index in [1.54, 1.807) is 6.33 Å². The van der Waals surface area contributed by atoms with Crippen molar-refractivity contribution in [2.75, 3.05) is 13.2 Å². The quantitative estimate of drug-likeness (QED) is 0.706. The SMILES string of the molecule is CCCNC(CCC)Cc1cc(OCCC)ncn1. The van der Waals surface area contributed by atoms with Crippen molar-refractivity contribution in [3.8, 4) is 5.88 Å². The highest BCUT2D eigenvalue weighted by Crippen LogP contribution is 2.11. The van der Waals surface area contributed by atoms with Crippen molar-refractivity contribution in [1.29, 1.82) is 0 Å². The van der Waals surface area contributed by atoms with Crippen LogP contribution in [-0.4, -0.2) is 29.2 Å². The van der Waals surface area contributed by atoms with Crippen LogP contribution in [0.1, 0.15) is 52.1 Å². The Balaban J connectivity index is 2.56. The molecule has 1 atom stereocenters. The number of aromatic nitrogens is 2. The molecule has 1 unspecified atom stereocenters. The molecular formula is C15H27N3O. The van der Waals surface area contributed by atoms with Crippen LogP contribution in [0, 0.1) is 0 Å². The van der Waals surface area contributed by atoms with Gasteiger partial charge in [0.05, 0.1) is 6.61 Å². The number of nitrogens with zero attached hydrogens (tertiary/aromatic N) is 2. The minimum absolute atomic E-state index is 0.499. The average Bonchev–Trinajstić information content (AvgIpc) is 2.43. The molecule has 4 heteroatoms. The first-order chi connectivity index (χ1) is 9.30. The van der Waals surface area contributed by atoms with Gasteiger partial charge in [0.2, 0.25) is 5.88 Å². The fourth-order valence-electron chi connectivity index (χ4n) is 2.00. The first-order valence-electron chi connectivity index (χ1n) is 7.47. The van der Waals surface area contributed by atoms with E-state index in [9.17, 15) is 0 Å². The fraction of sp³-hybridized carbons (Fsp3) is 0.733. The molecule has 0 amide bonds. The van der Waals surface area contributed by atoms with Crippen LogP contribution in [0.5, 0.6) is 5.88 Å². The van der Waals surface area contributed by atoms with E-state index in [0.29, 0.717) is 18.5 Å². The van der Waals surface area contributed by atoms with Crippen LogP contribution in [0.2, 0.25) is 0 Å². The van der Waals surface area contributed by atoms with Gasteiger partial charge in [0, 0.05) is 24.2 Å². The molecule has 108 valence electrons. The van der Waals surface area contributed by atoms with E-state index in [2.05, 4.69) is 36.1 Å². The van der Waals surface area contributed by atoms with E-state index in [4.69, 9.17) is 4.74 Å². The summed E-state index contributed by atoms with van der Waals surface area (Å²) >= 11 is 0. The molecule has 19 heavy (non-hydrogen) atoms. The Labute approximate surface area is 117 Å². The summed E-state index contributed by atoms with van der Waals surface area (Å²) in [4.78, 5) is 8.49. The summed E-state index contributed by atoms with van der Waals surface area (Å²) in [6, 6.07) is 2.46. The van der Waals surface area contributed by atoms with Crippen molar-refractivity contribution in [2.45, 2.75) is 58.9 Å². The van der Waals surface area contributed by atoms with Gasteiger partial charge in [-0.1, -0.05) is 27.2 Å². The summed E-state index contributed by atoms with van der Waals surface area (Å²) < 4.78 is 5.55.